The van der Waals surface area contributed by atoms with Gasteiger partial charge in [0.25, 0.3) is 0 Å². The quantitative estimate of drug-likeness (QED) is 0.203. The summed E-state index contributed by atoms with van der Waals surface area (Å²) in [5, 5.41) is 8.74. The van der Waals surface area contributed by atoms with Crippen LogP contribution in [0.4, 0.5) is 28.4 Å². The molecular formula is C42H29N3S. The summed E-state index contributed by atoms with van der Waals surface area (Å²) < 4.78 is 4.92. The van der Waals surface area contributed by atoms with Gasteiger partial charge in [0.05, 0.1) is 11.0 Å². The number of thiophene rings is 1. The van der Waals surface area contributed by atoms with E-state index in [2.05, 4.69) is 185 Å². The Morgan fingerprint density at radius 2 is 0.957 bits per heavy atom. The highest BCUT2D eigenvalue weighted by atomic mass is 32.1. The minimum absolute atomic E-state index is 1.07. The summed E-state index contributed by atoms with van der Waals surface area (Å²) in [5.74, 6) is 0. The first-order chi connectivity index (χ1) is 22.8. The average Bonchev–Trinajstić information content (AvgIpc) is 3.65. The van der Waals surface area contributed by atoms with Crippen LogP contribution in [0.3, 0.4) is 0 Å². The Balaban J connectivity index is 1.12. The summed E-state index contributed by atoms with van der Waals surface area (Å²) in [6, 6.07) is 60.7. The van der Waals surface area contributed by atoms with Gasteiger partial charge in [-0.2, -0.15) is 0 Å². The van der Waals surface area contributed by atoms with Crippen molar-refractivity contribution in [3.63, 3.8) is 0 Å². The number of hydrogen-bond acceptors (Lipinski definition) is 3. The second kappa shape index (κ2) is 11.0. The van der Waals surface area contributed by atoms with Gasteiger partial charge in [0.1, 0.15) is 0 Å². The summed E-state index contributed by atoms with van der Waals surface area (Å²) >= 11 is 1.84. The monoisotopic (exact) mass is 607 g/mol. The van der Waals surface area contributed by atoms with Crippen LogP contribution in [-0.2, 0) is 0 Å². The van der Waals surface area contributed by atoms with Crippen molar-refractivity contribution in [2.75, 3.05) is 10.2 Å². The van der Waals surface area contributed by atoms with Crippen molar-refractivity contribution in [2.24, 2.45) is 0 Å². The zero-order chi connectivity index (χ0) is 30.5. The molecule has 0 amide bonds. The molecular weight excluding hydrogens is 579 g/mol. The van der Waals surface area contributed by atoms with Gasteiger partial charge in [0, 0.05) is 65.1 Å². The molecule has 0 aliphatic carbocycles. The summed E-state index contributed by atoms with van der Waals surface area (Å²) in [6.07, 6.45) is 0. The molecule has 2 heterocycles. The summed E-state index contributed by atoms with van der Waals surface area (Å²) in [5.41, 5.74) is 9.14. The Hall–Kier alpha value is -5.84. The predicted molar refractivity (Wildman–Crippen MR) is 198 cm³/mol. The molecule has 9 aromatic rings. The molecule has 9 rings (SSSR count). The van der Waals surface area contributed by atoms with Gasteiger partial charge in [-0.3, -0.25) is 0 Å². The second-order valence-corrected chi connectivity index (χ2v) is 12.6. The molecule has 3 nitrogen and oxygen atoms in total. The van der Waals surface area contributed by atoms with Crippen LogP contribution in [0.1, 0.15) is 0 Å². The highest BCUT2D eigenvalue weighted by Crippen LogP contribution is 2.41. The fourth-order valence-electron chi connectivity index (χ4n) is 6.66. The molecule has 0 bridgehead atoms. The van der Waals surface area contributed by atoms with Crippen molar-refractivity contribution in [3.05, 3.63) is 170 Å². The maximum atomic E-state index is 3.73. The van der Waals surface area contributed by atoms with E-state index in [9.17, 15) is 0 Å². The maximum Gasteiger partial charge on any atom is 0.0542 e. The Morgan fingerprint density at radius 1 is 0.413 bits per heavy atom. The van der Waals surface area contributed by atoms with E-state index in [1.807, 2.05) is 11.3 Å². The van der Waals surface area contributed by atoms with Crippen LogP contribution in [-0.4, -0.2) is 4.57 Å². The van der Waals surface area contributed by atoms with E-state index in [0.29, 0.717) is 0 Å². The second-order valence-electron chi connectivity index (χ2n) is 11.5. The first kappa shape index (κ1) is 26.6. The Kier molecular flexibility index (Phi) is 6.32. The zero-order valence-electron chi connectivity index (χ0n) is 25.0. The van der Waals surface area contributed by atoms with Gasteiger partial charge in [-0.25, -0.2) is 0 Å². The molecule has 7 aromatic carbocycles. The minimum Gasteiger partial charge on any atom is -0.355 e. The highest BCUT2D eigenvalue weighted by molar-refractivity contribution is 7.25. The van der Waals surface area contributed by atoms with Gasteiger partial charge < -0.3 is 14.8 Å². The first-order valence-corrected chi connectivity index (χ1v) is 16.3. The molecule has 0 saturated carbocycles. The van der Waals surface area contributed by atoms with E-state index in [1.165, 1.54) is 47.7 Å². The number of fused-ring (bicyclic) bond motifs is 6. The molecule has 0 unspecified atom stereocenters. The fraction of sp³-hybridized carbons (Fsp3) is 0. The van der Waals surface area contributed by atoms with Gasteiger partial charge in [-0.15, -0.1) is 11.3 Å². The van der Waals surface area contributed by atoms with E-state index in [0.717, 1.165) is 28.4 Å². The summed E-state index contributed by atoms with van der Waals surface area (Å²) in [6.45, 7) is 0. The summed E-state index contributed by atoms with van der Waals surface area (Å²) in [7, 11) is 0. The SMILES string of the molecule is c1ccc(N(c2ccccc2)c2ccc3sc4ccc(Nc5ccc6c(c5)c5ccccc5n6-c5ccccc5)cc4c3c2)cc1. The van der Waals surface area contributed by atoms with Crippen molar-refractivity contribution in [1.29, 1.82) is 0 Å². The van der Waals surface area contributed by atoms with Crippen molar-refractivity contribution < 1.29 is 0 Å². The zero-order valence-corrected chi connectivity index (χ0v) is 25.8. The van der Waals surface area contributed by atoms with Crippen LogP contribution in [0, 0.1) is 0 Å². The van der Waals surface area contributed by atoms with Gasteiger partial charge >= 0.3 is 0 Å². The first-order valence-electron chi connectivity index (χ1n) is 15.5. The van der Waals surface area contributed by atoms with Crippen LogP contribution < -0.4 is 10.2 Å². The lowest BCUT2D eigenvalue weighted by atomic mass is 10.1. The number of hydrogen-bond donors (Lipinski definition) is 1. The lowest BCUT2D eigenvalue weighted by Gasteiger charge is -2.25. The predicted octanol–water partition coefficient (Wildman–Crippen LogP) is 12.4. The van der Waals surface area contributed by atoms with Gasteiger partial charge in [-0.1, -0.05) is 72.8 Å². The van der Waals surface area contributed by atoms with Crippen LogP contribution >= 0.6 is 11.3 Å². The normalized spacial score (nSPS) is 11.5. The molecule has 46 heavy (non-hydrogen) atoms. The number of nitrogens with one attached hydrogen (secondary N) is 1. The third-order valence-electron chi connectivity index (χ3n) is 8.72. The molecule has 0 aliphatic heterocycles. The number of nitrogens with zero attached hydrogens (tertiary/aromatic N) is 2. The van der Waals surface area contributed by atoms with Crippen LogP contribution in [0.25, 0.3) is 47.7 Å². The fourth-order valence-corrected chi connectivity index (χ4v) is 7.72. The van der Waals surface area contributed by atoms with Crippen molar-refractivity contribution >= 4 is 81.8 Å². The Morgan fingerprint density at radius 3 is 1.67 bits per heavy atom. The van der Waals surface area contributed by atoms with Crippen LogP contribution in [0.2, 0.25) is 0 Å². The number of rotatable bonds is 6. The highest BCUT2D eigenvalue weighted by Gasteiger charge is 2.16. The van der Waals surface area contributed by atoms with Crippen molar-refractivity contribution in [1.82, 2.24) is 4.57 Å². The molecule has 0 spiro atoms. The number of anilines is 5. The van der Waals surface area contributed by atoms with Gasteiger partial charge in [0.15, 0.2) is 0 Å². The van der Waals surface area contributed by atoms with Gasteiger partial charge in [-0.05, 0) is 97.1 Å². The van der Waals surface area contributed by atoms with Crippen molar-refractivity contribution in [2.45, 2.75) is 0 Å². The lowest BCUT2D eigenvalue weighted by Crippen LogP contribution is -2.09. The molecule has 4 heteroatoms. The maximum absolute atomic E-state index is 3.73. The molecule has 0 atom stereocenters. The number of para-hydroxylation sites is 4. The smallest absolute Gasteiger partial charge is 0.0542 e. The Labute approximate surface area is 271 Å². The van der Waals surface area contributed by atoms with Crippen LogP contribution in [0.15, 0.2) is 170 Å². The Bertz CT molecular complexity index is 2460. The molecule has 218 valence electrons. The average molecular weight is 608 g/mol. The van der Waals surface area contributed by atoms with E-state index < -0.39 is 0 Å². The molecule has 0 saturated heterocycles. The third-order valence-corrected chi connectivity index (χ3v) is 9.87. The standard InChI is InChI=1S/C42H29N3S/c1-4-12-31(13-5-1)44(32-14-6-2-7-15-32)34-22-25-42-38(28-34)37-27-30(21-24-41(37)46-42)43-29-20-23-40-36(26-29)35-18-10-11-19-39(35)45(40)33-16-8-3-9-17-33/h1-28,43H. The van der Waals surface area contributed by atoms with E-state index >= 15 is 0 Å². The van der Waals surface area contributed by atoms with Crippen LogP contribution in [0.5, 0.6) is 0 Å². The third kappa shape index (κ3) is 4.50. The van der Waals surface area contributed by atoms with E-state index in [-0.39, 0.29) is 0 Å². The molecule has 2 aromatic heterocycles. The number of aromatic nitrogens is 1. The summed E-state index contributed by atoms with van der Waals surface area (Å²) in [4.78, 5) is 2.33. The largest absolute Gasteiger partial charge is 0.355 e. The minimum atomic E-state index is 1.07. The molecule has 1 N–H and O–H groups in total. The molecule has 0 fully saturated rings. The molecule has 0 radical (unpaired) electrons. The lowest BCUT2D eigenvalue weighted by molar-refractivity contribution is 1.18. The number of benzene rings is 7. The molecule has 0 aliphatic rings. The van der Waals surface area contributed by atoms with Crippen molar-refractivity contribution in [3.8, 4) is 5.69 Å². The topological polar surface area (TPSA) is 20.2 Å². The van der Waals surface area contributed by atoms with E-state index in [1.54, 1.807) is 0 Å². The van der Waals surface area contributed by atoms with Gasteiger partial charge in [0.2, 0.25) is 0 Å². The van der Waals surface area contributed by atoms with E-state index in [4.69, 9.17) is 0 Å².